The molecule has 0 spiro atoms. The Bertz CT molecular complexity index is 645. The minimum Gasteiger partial charge on any atom is -0.319 e. The Labute approximate surface area is 119 Å². The van der Waals surface area contributed by atoms with Crippen molar-refractivity contribution in [3.63, 3.8) is 0 Å². The van der Waals surface area contributed by atoms with Crippen molar-refractivity contribution in [3.05, 3.63) is 44.6 Å². The summed E-state index contributed by atoms with van der Waals surface area (Å²) < 4.78 is 1.12. The van der Waals surface area contributed by atoms with Gasteiger partial charge in [0.05, 0.1) is 15.7 Å². The summed E-state index contributed by atoms with van der Waals surface area (Å²) in [7, 11) is 0. The van der Waals surface area contributed by atoms with Gasteiger partial charge in [0.2, 0.25) is 0 Å². The van der Waals surface area contributed by atoms with Crippen LogP contribution in [-0.2, 0) is 0 Å². The van der Waals surface area contributed by atoms with Crippen molar-refractivity contribution < 1.29 is 4.79 Å². The van der Waals surface area contributed by atoms with Gasteiger partial charge in [0.15, 0.2) is 5.69 Å². The molecule has 1 aromatic heterocycles. The number of nitrogens with one attached hydrogen (secondary N) is 2. The van der Waals surface area contributed by atoms with Crippen molar-refractivity contribution in [2.75, 3.05) is 5.32 Å². The van der Waals surface area contributed by atoms with E-state index in [1.54, 1.807) is 24.3 Å². The topological polar surface area (TPSA) is 81.6 Å². The van der Waals surface area contributed by atoms with E-state index in [0.29, 0.717) is 20.3 Å². The maximum Gasteiger partial charge on any atom is 0.277 e. The predicted octanol–water partition coefficient (Wildman–Crippen LogP) is 3.06. The molecular formula is C11H6Br2N4O. The van der Waals surface area contributed by atoms with Gasteiger partial charge < -0.3 is 5.32 Å². The third-order valence-corrected chi connectivity index (χ3v) is 4.06. The fraction of sp³-hybridized carbons (Fsp3) is 0. The molecule has 2 N–H and O–H groups in total. The number of aromatic amines is 1. The number of amides is 1. The first-order valence-electron chi connectivity index (χ1n) is 4.83. The maximum absolute atomic E-state index is 12.0. The molecule has 2 rings (SSSR count). The number of carbonyl (C=O) groups excluding carboxylic acids is 1. The normalized spacial score (nSPS) is 9.83. The molecule has 0 radical (unpaired) electrons. The lowest BCUT2D eigenvalue weighted by molar-refractivity contribution is 0.102. The molecule has 0 saturated heterocycles. The van der Waals surface area contributed by atoms with Crippen LogP contribution in [0.5, 0.6) is 0 Å². The largest absolute Gasteiger partial charge is 0.319 e. The summed E-state index contributed by atoms with van der Waals surface area (Å²) >= 11 is 6.43. The molecule has 7 heteroatoms. The van der Waals surface area contributed by atoms with Gasteiger partial charge in [0.1, 0.15) is 10.7 Å². The van der Waals surface area contributed by atoms with Gasteiger partial charge in [0, 0.05) is 0 Å². The number of rotatable bonds is 2. The van der Waals surface area contributed by atoms with Gasteiger partial charge in [-0.1, -0.05) is 12.1 Å². The SMILES string of the molecule is N#Cc1ccccc1NC(=O)c1n[nH]c(Br)c1Br. The van der Waals surface area contributed by atoms with Gasteiger partial charge >= 0.3 is 0 Å². The minimum atomic E-state index is -0.397. The molecular weight excluding hydrogens is 364 g/mol. The first kappa shape index (κ1) is 12.8. The number of hydrogen-bond donors (Lipinski definition) is 2. The van der Waals surface area contributed by atoms with E-state index in [2.05, 4.69) is 47.4 Å². The van der Waals surface area contributed by atoms with E-state index in [9.17, 15) is 4.79 Å². The zero-order valence-electron chi connectivity index (χ0n) is 8.87. The average molecular weight is 370 g/mol. The number of anilines is 1. The number of H-pyrrole nitrogens is 1. The molecule has 5 nitrogen and oxygen atoms in total. The summed E-state index contributed by atoms with van der Waals surface area (Å²) in [5.41, 5.74) is 1.07. The van der Waals surface area contributed by atoms with E-state index in [4.69, 9.17) is 5.26 Å². The predicted molar refractivity (Wildman–Crippen MR) is 73.1 cm³/mol. The molecule has 1 aromatic carbocycles. The van der Waals surface area contributed by atoms with Gasteiger partial charge in [-0.2, -0.15) is 10.4 Å². The van der Waals surface area contributed by atoms with Crippen molar-refractivity contribution in [1.82, 2.24) is 10.2 Å². The van der Waals surface area contributed by atoms with Gasteiger partial charge in [-0.25, -0.2) is 0 Å². The number of halogens is 2. The molecule has 2 aromatic rings. The Hall–Kier alpha value is -1.65. The van der Waals surface area contributed by atoms with Crippen LogP contribution in [0.4, 0.5) is 5.69 Å². The van der Waals surface area contributed by atoms with E-state index in [-0.39, 0.29) is 5.69 Å². The molecule has 0 unspecified atom stereocenters. The van der Waals surface area contributed by atoms with Crippen LogP contribution in [0.25, 0.3) is 0 Å². The van der Waals surface area contributed by atoms with Crippen molar-refractivity contribution >= 4 is 43.5 Å². The van der Waals surface area contributed by atoms with E-state index in [0.717, 1.165) is 0 Å². The van der Waals surface area contributed by atoms with Crippen LogP contribution in [0.15, 0.2) is 33.3 Å². The van der Waals surface area contributed by atoms with Crippen molar-refractivity contribution in [2.24, 2.45) is 0 Å². The molecule has 0 saturated carbocycles. The molecule has 0 aliphatic rings. The summed E-state index contributed by atoms with van der Waals surface area (Å²) in [5, 5.41) is 18.0. The monoisotopic (exact) mass is 368 g/mol. The Morgan fingerprint density at radius 1 is 1.39 bits per heavy atom. The Kier molecular flexibility index (Phi) is 3.79. The lowest BCUT2D eigenvalue weighted by atomic mass is 10.2. The molecule has 0 aliphatic carbocycles. The molecule has 90 valence electrons. The number of aromatic nitrogens is 2. The fourth-order valence-electron chi connectivity index (χ4n) is 1.33. The minimum absolute atomic E-state index is 0.217. The zero-order chi connectivity index (χ0) is 13.1. The third-order valence-electron chi connectivity index (χ3n) is 2.18. The highest BCUT2D eigenvalue weighted by atomic mass is 79.9. The number of carbonyl (C=O) groups is 1. The quantitative estimate of drug-likeness (QED) is 0.853. The van der Waals surface area contributed by atoms with E-state index >= 15 is 0 Å². The van der Waals surface area contributed by atoms with Crippen LogP contribution in [0.2, 0.25) is 0 Å². The molecule has 18 heavy (non-hydrogen) atoms. The van der Waals surface area contributed by atoms with Gasteiger partial charge in [-0.05, 0) is 44.0 Å². The highest BCUT2D eigenvalue weighted by molar-refractivity contribution is 9.13. The van der Waals surface area contributed by atoms with Crippen LogP contribution in [0.1, 0.15) is 16.1 Å². The summed E-state index contributed by atoms with van der Waals surface area (Å²) in [6.07, 6.45) is 0. The molecule has 0 bridgehead atoms. The van der Waals surface area contributed by atoms with Crippen molar-refractivity contribution in [2.45, 2.75) is 0 Å². The molecule has 1 heterocycles. The lowest BCUT2D eigenvalue weighted by Crippen LogP contribution is -2.13. The fourth-order valence-corrected chi connectivity index (χ4v) is 1.96. The van der Waals surface area contributed by atoms with Crippen LogP contribution >= 0.6 is 31.9 Å². The number of para-hydroxylation sites is 1. The average Bonchev–Trinajstić information content (AvgIpc) is 2.71. The second-order valence-electron chi connectivity index (χ2n) is 3.31. The summed E-state index contributed by atoms with van der Waals surface area (Å²) in [6, 6.07) is 8.77. The highest BCUT2D eigenvalue weighted by Gasteiger charge is 2.17. The second kappa shape index (κ2) is 5.33. The summed E-state index contributed by atoms with van der Waals surface area (Å²) in [6.45, 7) is 0. The van der Waals surface area contributed by atoms with Crippen molar-refractivity contribution in [1.29, 1.82) is 5.26 Å². The Balaban J connectivity index is 2.28. The highest BCUT2D eigenvalue weighted by Crippen LogP contribution is 2.25. The Morgan fingerprint density at radius 2 is 2.11 bits per heavy atom. The van der Waals surface area contributed by atoms with E-state index in [1.165, 1.54) is 0 Å². The molecule has 0 aliphatic heterocycles. The smallest absolute Gasteiger partial charge is 0.277 e. The van der Waals surface area contributed by atoms with Crippen molar-refractivity contribution in [3.8, 4) is 6.07 Å². The standard InChI is InChI=1S/C11H6Br2N4O/c12-8-9(16-17-10(8)13)11(18)15-7-4-2-1-3-6(7)5-14/h1-4H,(H,15,18)(H,16,17). The lowest BCUT2D eigenvalue weighted by Gasteiger charge is -2.04. The Morgan fingerprint density at radius 3 is 2.72 bits per heavy atom. The first-order valence-corrected chi connectivity index (χ1v) is 6.42. The number of hydrogen-bond acceptors (Lipinski definition) is 3. The number of nitriles is 1. The molecule has 1 amide bonds. The van der Waals surface area contributed by atoms with Crippen LogP contribution in [0, 0.1) is 11.3 Å². The van der Waals surface area contributed by atoms with Gasteiger partial charge in [-0.3, -0.25) is 9.89 Å². The van der Waals surface area contributed by atoms with E-state index < -0.39 is 5.91 Å². The number of nitrogens with zero attached hydrogens (tertiary/aromatic N) is 2. The third kappa shape index (κ3) is 2.44. The van der Waals surface area contributed by atoms with E-state index in [1.807, 2.05) is 6.07 Å². The molecule has 0 fully saturated rings. The van der Waals surface area contributed by atoms with Crippen LogP contribution < -0.4 is 5.32 Å². The van der Waals surface area contributed by atoms with Crippen LogP contribution in [-0.4, -0.2) is 16.1 Å². The summed E-state index contributed by atoms with van der Waals surface area (Å²) in [5.74, 6) is -0.397. The summed E-state index contributed by atoms with van der Waals surface area (Å²) in [4.78, 5) is 12.0. The van der Waals surface area contributed by atoms with Crippen LogP contribution in [0.3, 0.4) is 0 Å². The molecule has 0 atom stereocenters. The first-order chi connectivity index (χ1) is 8.63. The zero-order valence-corrected chi connectivity index (χ0v) is 12.0. The maximum atomic E-state index is 12.0. The van der Waals surface area contributed by atoms with Gasteiger partial charge in [0.25, 0.3) is 5.91 Å². The van der Waals surface area contributed by atoms with Gasteiger partial charge in [-0.15, -0.1) is 0 Å². The second-order valence-corrected chi connectivity index (χ2v) is 4.90. The number of benzene rings is 1.